The summed E-state index contributed by atoms with van der Waals surface area (Å²) in [4.78, 5) is 15.3. The van der Waals surface area contributed by atoms with Gasteiger partial charge in [0.05, 0.1) is 18.6 Å². The molecule has 5 heteroatoms. The molecule has 0 spiro atoms. The molecule has 0 aromatic carbocycles. The lowest BCUT2D eigenvalue weighted by Gasteiger charge is -2.59. The van der Waals surface area contributed by atoms with Gasteiger partial charge in [0.25, 0.3) is 0 Å². The van der Waals surface area contributed by atoms with E-state index in [1.807, 2.05) is 0 Å². The van der Waals surface area contributed by atoms with E-state index < -0.39 is 0 Å². The minimum absolute atomic E-state index is 0.0708. The standard InChI is InChI=1S/C17H27BrN2O2/c18-17-10-13-7-14(11-17)9-16(8-13,12-17)15(21)19-1-2-20-3-5-22-6-4-20/h13-14H,1-12H2,(H,19,21). The zero-order valence-electron chi connectivity index (χ0n) is 13.3. The molecule has 1 heterocycles. The van der Waals surface area contributed by atoms with E-state index in [4.69, 9.17) is 4.74 Å². The predicted molar refractivity (Wildman–Crippen MR) is 89.0 cm³/mol. The van der Waals surface area contributed by atoms with Gasteiger partial charge in [0.2, 0.25) is 5.91 Å². The van der Waals surface area contributed by atoms with Crippen LogP contribution in [0.4, 0.5) is 0 Å². The van der Waals surface area contributed by atoms with Crippen molar-refractivity contribution in [3.63, 3.8) is 0 Å². The molecule has 0 aromatic rings. The number of hydrogen-bond donors (Lipinski definition) is 1. The minimum atomic E-state index is -0.0708. The van der Waals surface area contributed by atoms with E-state index >= 15 is 0 Å². The van der Waals surface area contributed by atoms with Crippen molar-refractivity contribution >= 4 is 21.8 Å². The Morgan fingerprint density at radius 3 is 2.50 bits per heavy atom. The van der Waals surface area contributed by atoms with Gasteiger partial charge >= 0.3 is 0 Å². The highest BCUT2D eigenvalue weighted by Crippen LogP contribution is 2.64. The summed E-state index contributed by atoms with van der Waals surface area (Å²) in [6, 6.07) is 0. The van der Waals surface area contributed by atoms with Gasteiger partial charge in [-0.05, 0) is 50.4 Å². The van der Waals surface area contributed by atoms with E-state index in [0.29, 0.717) is 5.91 Å². The molecular weight excluding hydrogens is 344 g/mol. The molecule has 2 atom stereocenters. The zero-order valence-corrected chi connectivity index (χ0v) is 14.9. The van der Waals surface area contributed by atoms with Crippen LogP contribution >= 0.6 is 15.9 Å². The van der Waals surface area contributed by atoms with Gasteiger partial charge < -0.3 is 10.1 Å². The summed E-state index contributed by atoms with van der Waals surface area (Å²) in [6.07, 6.45) is 7.23. The first kappa shape index (κ1) is 15.4. The molecule has 1 amide bonds. The fourth-order valence-corrected chi connectivity index (χ4v) is 7.21. The lowest BCUT2D eigenvalue weighted by atomic mass is 9.49. The van der Waals surface area contributed by atoms with Crippen molar-refractivity contribution in [1.82, 2.24) is 10.2 Å². The van der Waals surface area contributed by atoms with Crippen LogP contribution in [0.25, 0.3) is 0 Å². The normalized spacial score (nSPS) is 44.2. The van der Waals surface area contributed by atoms with Crippen LogP contribution < -0.4 is 5.32 Å². The third kappa shape index (κ3) is 2.84. The SMILES string of the molecule is O=C(NCCN1CCOCC1)C12CC3CC(CC(Br)(C3)C1)C2. The van der Waals surface area contributed by atoms with Crippen LogP contribution in [0.1, 0.15) is 38.5 Å². The van der Waals surface area contributed by atoms with Gasteiger partial charge in [-0.3, -0.25) is 9.69 Å². The molecule has 4 nitrogen and oxygen atoms in total. The molecule has 0 aromatic heterocycles. The molecule has 5 aliphatic rings. The molecule has 0 radical (unpaired) electrons. The summed E-state index contributed by atoms with van der Waals surface area (Å²) in [6.45, 7) is 5.38. The third-order valence-corrected chi connectivity index (χ3v) is 7.22. The van der Waals surface area contributed by atoms with Crippen molar-refractivity contribution in [1.29, 1.82) is 0 Å². The van der Waals surface area contributed by atoms with Crippen LogP contribution in [0.2, 0.25) is 0 Å². The maximum Gasteiger partial charge on any atom is 0.226 e. The van der Waals surface area contributed by atoms with Gasteiger partial charge in [-0.2, -0.15) is 0 Å². The summed E-state index contributed by atoms with van der Waals surface area (Å²) >= 11 is 3.99. The van der Waals surface area contributed by atoms with Gasteiger partial charge in [0, 0.05) is 30.5 Å². The van der Waals surface area contributed by atoms with Gasteiger partial charge in [-0.1, -0.05) is 15.9 Å². The molecule has 4 bridgehead atoms. The average molecular weight is 371 g/mol. The molecular formula is C17H27BrN2O2. The van der Waals surface area contributed by atoms with E-state index in [9.17, 15) is 4.79 Å². The van der Waals surface area contributed by atoms with Gasteiger partial charge in [0.1, 0.15) is 0 Å². The van der Waals surface area contributed by atoms with E-state index in [1.54, 1.807) is 0 Å². The van der Waals surface area contributed by atoms with Crippen molar-refractivity contribution in [2.75, 3.05) is 39.4 Å². The quantitative estimate of drug-likeness (QED) is 0.771. The predicted octanol–water partition coefficient (Wildman–Crippen LogP) is 2.17. The van der Waals surface area contributed by atoms with Crippen molar-refractivity contribution < 1.29 is 9.53 Å². The molecule has 2 unspecified atom stereocenters. The number of rotatable bonds is 4. The Balaban J connectivity index is 1.34. The number of amides is 1. The van der Waals surface area contributed by atoms with Crippen LogP contribution in [0.5, 0.6) is 0 Å². The minimum Gasteiger partial charge on any atom is -0.379 e. The Bertz CT molecular complexity index is 436. The lowest BCUT2D eigenvalue weighted by Crippen LogP contribution is -2.58. The van der Waals surface area contributed by atoms with Crippen LogP contribution in [0.15, 0.2) is 0 Å². The topological polar surface area (TPSA) is 41.6 Å². The molecule has 22 heavy (non-hydrogen) atoms. The highest BCUT2D eigenvalue weighted by Gasteiger charge is 2.59. The molecule has 5 fully saturated rings. The van der Waals surface area contributed by atoms with Gasteiger partial charge in [0.15, 0.2) is 0 Å². The summed E-state index contributed by atoms with van der Waals surface area (Å²) in [5.41, 5.74) is -0.0708. The van der Waals surface area contributed by atoms with Crippen LogP contribution in [0.3, 0.4) is 0 Å². The molecule has 4 saturated carbocycles. The van der Waals surface area contributed by atoms with E-state index in [2.05, 4.69) is 26.1 Å². The monoisotopic (exact) mass is 370 g/mol. The number of carbonyl (C=O) groups is 1. The average Bonchev–Trinajstić information content (AvgIpc) is 2.45. The number of hydrogen-bond acceptors (Lipinski definition) is 3. The van der Waals surface area contributed by atoms with Crippen LogP contribution in [-0.2, 0) is 9.53 Å². The fourth-order valence-electron chi connectivity index (χ4n) is 5.76. The molecule has 1 N–H and O–H groups in total. The first-order valence-corrected chi connectivity index (χ1v) is 9.64. The van der Waals surface area contributed by atoms with Crippen molar-refractivity contribution in [3.05, 3.63) is 0 Å². The van der Waals surface area contributed by atoms with Gasteiger partial charge in [-0.25, -0.2) is 0 Å². The molecule has 4 aliphatic carbocycles. The molecule has 124 valence electrons. The maximum absolute atomic E-state index is 12.9. The first-order chi connectivity index (χ1) is 10.6. The van der Waals surface area contributed by atoms with Crippen molar-refractivity contribution in [3.8, 4) is 0 Å². The second kappa shape index (κ2) is 5.75. The Hall–Kier alpha value is -0.130. The Morgan fingerprint density at radius 1 is 1.18 bits per heavy atom. The molecule has 1 aliphatic heterocycles. The second-order valence-corrected chi connectivity index (χ2v) is 9.78. The van der Waals surface area contributed by atoms with E-state index in [0.717, 1.165) is 70.5 Å². The first-order valence-electron chi connectivity index (χ1n) is 8.84. The third-order valence-electron chi connectivity index (χ3n) is 6.29. The second-order valence-electron chi connectivity index (χ2n) is 8.10. The highest BCUT2D eigenvalue weighted by atomic mass is 79.9. The van der Waals surface area contributed by atoms with Crippen LogP contribution in [-0.4, -0.2) is 54.5 Å². The van der Waals surface area contributed by atoms with Gasteiger partial charge in [-0.15, -0.1) is 0 Å². The van der Waals surface area contributed by atoms with Crippen molar-refractivity contribution in [2.24, 2.45) is 17.3 Å². The number of nitrogens with one attached hydrogen (secondary N) is 1. The molecule has 1 saturated heterocycles. The Labute approximate surface area is 141 Å². The lowest BCUT2D eigenvalue weighted by molar-refractivity contribution is -0.144. The Kier molecular flexibility index (Phi) is 4.02. The zero-order chi connectivity index (χ0) is 15.2. The molecule has 5 rings (SSSR count). The van der Waals surface area contributed by atoms with Crippen LogP contribution in [0, 0.1) is 17.3 Å². The number of carbonyl (C=O) groups excluding carboxylic acids is 1. The highest BCUT2D eigenvalue weighted by molar-refractivity contribution is 9.10. The Morgan fingerprint density at radius 2 is 1.86 bits per heavy atom. The van der Waals surface area contributed by atoms with E-state index in [1.165, 1.54) is 19.3 Å². The summed E-state index contributed by atoms with van der Waals surface area (Å²) in [5.74, 6) is 1.87. The smallest absolute Gasteiger partial charge is 0.226 e. The van der Waals surface area contributed by atoms with Crippen molar-refractivity contribution in [2.45, 2.75) is 42.8 Å². The number of ether oxygens (including phenoxy) is 1. The number of alkyl halides is 1. The number of nitrogens with zero attached hydrogens (tertiary/aromatic N) is 1. The van der Waals surface area contributed by atoms with E-state index in [-0.39, 0.29) is 9.74 Å². The summed E-state index contributed by atoms with van der Waals surface area (Å²) in [5, 5.41) is 3.26. The largest absolute Gasteiger partial charge is 0.379 e. The fraction of sp³-hybridized carbons (Fsp3) is 0.941. The number of halogens is 1. The maximum atomic E-state index is 12.9. The summed E-state index contributed by atoms with van der Waals surface area (Å²) < 4.78 is 5.63. The number of morpholine rings is 1. The summed E-state index contributed by atoms with van der Waals surface area (Å²) in [7, 11) is 0.